The van der Waals surface area contributed by atoms with E-state index in [0.29, 0.717) is 36.0 Å². The molecule has 0 saturated carbocycles. The fourth-order valence-corrected chi connectivity index (χ4v) is 4.57. The molecule has 1 aliphatic heterocycles. The maximum atomic E-state index is 14.4. The monoisotopic (exact) mass is 513 g/mol. The Labute approximate surface area is 218 Å². The van der Waals surface area contributed by atoms with E-state index >= 15 is 0 Å². The highest BCUT2D eigenvalue weighted by molar-refractivity contribution is 5.92. The maximum Gasteiger partial charge on any atom is 0.243 e. The topological polar surface area (TPSA) is 107 Å². The number of imidazole rings is 1. The zero-order valence-corrected chi connectivity index (χ0v) is 22.6. The molecule has 1 aromatic heterocycles. The van der Waals surface area contributed by atoms with Gasteiger partial charge in [0, 0.05) is 24.6 Å². The molecule has 3 rings (SSSR count). The molecule has 3 atom stereocenters. The summed E-state index contributed by atoms with van der Waals surface area (Å²) in [6.07, 6.45) is 5.35. The van der Waals surface area contributed by atoms with Crippen LogP contribution in [-0.4, -0.2) is 51.2 Å². The summed E-state index contributed by atoms with van der Waals surface area (Å²) in [5, 5.41) is 5.64. The van der Waals surface area contributed by atoms with Gasteiger partial charge in [0.15, 0.2) is 0 Å². The predicted octanol–water partition coefficient (Wildman–Crippen LogP) is 4.41. The molecule has 0 spiro atoms. The number of nitrogens with zero attached hydrogens (tertiary/aromatic N) is 2. The van der Waals surface area contributed by atoms with Crippen LogP contribution in [0.4, 0.5) is 4.39 Å². The number of H-pyrrole nitrogens is 1. The van der Waals surface area contributed by atoms with Crippen molar-refractivity contribution < 1.29 is 18.8 Å². The van der Waals surface area contributed by atoms with Crippen molar-refractivity contribution in [3.8, 4) is 11.3 Å². The fourth-order valence-electron chi connectivity index (χ4n) is 4.57. The molecule has 1 aromatic carbocycles. The molecule has 0 radical (unpaired) electrons. The molecule has 0 bridgehead atoms. The van der Waals surface area contributed by atoms with Crippen molar-refractivity contribution in [2.45, 2.75) is 91.3 Å². The highest BCUT2D eigenvalue weighted by atomic mass is 19.1. The minimum Gasteiger partial charge on any atom is -0.345 e. The Morgan fingerprint density at radius 3 is 2.62 bits per heavy atom. The number of hydrogen-bond acceptors (Lipinski definition) is 4. The molecule has 0 unspecified atom stereocenters. The van der Waals surface area contributed by atoms with Crippen molar-refractivity contribution >= 4 is 17.7 Å². The quantitative estimate of drug-likeness (QED) is 0.437. The van der Waals surface area contributed by atoms with E-state index in [-0.39, 0.29) is 36.5 Å². The van der Waals surface area contributed by atoms with Crippen LogP contribution in [0.1, 0.15) is 83.6 Å². The highest BCUT2D eigenvalue weighted by Gasteiger charge is 2.30. The van der Waals surface area contributed by atoms with Gasteiger partial charge in [0.05, 0.1) is 24.4 Å². The van der Waals surface area contributed by atoms with E-state index in [1.165, 1.54) is 12.3 Å². The Balaban J connectivity index is 1.70. The number of amides is 3. The Bertz CT molecular complexity index is 1100. The van der Waals surface area contributed by atoms with Crippen molar-refractivity contribution in [1.29, 1.82) is 0 Å². The van der Waals surface area contributed by atoms with Gasteiger partial charge in [0.2, 0.25) is 17.7 Å². The Kier molecular flexibility index (Phi) is 9.83. The maximum absolute atomic E-state index is 14.4. The number of hydrogen-bond donors (Lipinski definition) is 3. The minimum absolute atomic E-state index is 0.103. The van der Waals surface area contributed by atoms with E-state index in [2.05, 4.69) is 20.6 Å². The predicted molar refractivity (Wildman–Crippen MR) is 141 cm³/mol. The zero-order chi connectivity index (χ0) is 27.1. The fraction of sp³-hybridized carbons (Fsp3) is 0.571. The molecule has 1 aliphatic rings. The molecule has 8 nitrogen and oxygen atoms in total. The van der Waals surface area contributed by atoms with Crippen LogP contribution in [0.15, 0.2) is 24.4 Å². The molecule has 2 aromatic rings. The number of nitrogens with one attached hydrogen (secondary N) is 3. The molecule has 0 aliphatic carbocycles. The lowest BCUT2D eigenvalue weighted by Crippen LogP contribution is -2.51. The number of halogens is 1. The molecule has 37 heavy (non-hydrogen) atoms. The summed E-state index contributed by atoms with van der Waals surface area (Å²) in [7, 11) is 0. The standard InChI is InChI=1S/C28H40FN5O3/c1-17(2)9-12-25(35)32-23(15-26(36)34-13-7-6-8-19(34)4)28(37)31-20(5)27-30-16-24(33-27)21-11-10-18(3)14-22(21)29/h10-11,14,16-17,19-20,23H,6-9,12-13,15H2,1-5H3,(H,30,33)(H,31,37)(H,32,35)/t19-,20+,23+/m1/s1. The number of benzene rings is 1. The average molecular weight is 514 g/mol. The molecule has 2 heterocycles. The number of carbonyl (C=O) groups excluding carboxylic acids is 3. The lowest BCUT2D eigenvalue weighted by molar-refractivity contribution is -0.138. The van der Waals surface area contributed by atoms with Crippen molar-refractivity contribution in [1.82, 2.24) is 25.5 Å². The summed E-state index contributed by atoms with van der Waals surface area (Å²) in [5.41, 5.74) is 1.71. The van der Waals surface area contributed by atoms with Crippen LogP contribution in [0.5, 0.6) is 0 Å². The third-order valence-corrected chi connectivity index (χ3v) is 6.88. The molecule has 3 N–H and O–H groups in total. The SMILES string of the molecule is Cc1ccc(-c2cnc([C@H](C)NC(=O)[C@H](CC(=O)N3CCCC[C@H]3C)NC(=O)CCC(C)C)[nH]2)c(F)c1. The smallest absolute Gasteiger partial charge is 0.243 e. The van der Waals surface area contributed by atoms with E-state index in [1.54, 1.807) is 13.0 Å². The lowest BCUT2D eigenvalue weighted by atomic mass is 10.0. The second-order valence-corrected chi connectivity index (χ2v) is 10.6. The van der Waals surface area contributed by atoms with Crippen LogP contribution in [0.3, 0.4) is 0 Å². The van der Waals surface area contributed by atoms with Gasteiger partial charge in [0.1, 0.15) is 17.7 Å². The summed E-state index contributed by atoms with van der Waals surface area (Å²) in [6.45, 7) is 10.3. The normalized spacial score (nSPS) is 17.4. The van der Waals surface area contributed by atoms with Gasteiger partial charge in [-0.05, 0) is 70.1 Å². The summed E-state index contributed by atoms with van der Waals surface area (Å²) >= 11 is 0. The second kappa shape index (κ2) is 12.8. The number of aryl methyl sites for hydroxylation is 1. The van der Waals surface area contributed by atoms with Crippen LogP contribution < -0.4 is 10.6 Å². The van der Waals surface area contributed by atoms with Gasteiger partial charge in [-0.1, -0.05) is 19.9 Å². The largest absolute Gasteiger partial charge is 0.345 e. The van der Waals surface area contributed by atoms with E-state index in [1.807, 2.05) is 38.7 Å². The molecule has 202 valence electrons. The highest BCUT2D eigenvalue weighted by Crippen LogP contribution is 2.23. The first kappa shape index (κ1) is 28.3. The number of aromatic amines is 1. The molecule has 9 heteroatoms. The third-order valence-electron chi connectivity index (χ3n) is 6.88. The number of piperidine rings is 1. The van der Waals surface area contributed by atoms with Gasteiger partial charge in [-0.3, -0.25) is 14.4 Å². The van der Waals surface area contributed by atoms with Crippen molar-refractivity contribution in [3.63, 3.8) is 0 Å². The Morgan fingerprint density at radius 2 is 1.95 bits per heavy atom. The minimum atomic E-state index is -0.993. The van der Waals surface area contributed by atoms with Gasteiger partial charge in [-0.15, -0.1) is 0 Å². The number of aromatic nitrogens is 2. The van der Waals surface area contributed by atoms with E-state index in [0.717, 1.165) is 24.8 Å². The van der Waals surface area contributed by atoms with E-state index in [4.69, 9.17) is 0 Å². The molecular formula is C28H40FN5O3. The molecular weight excluding hydrogens is 473 g/mol. The average Bonchev–Trinajstić information content (AvgIpc) is 3.32. The Hall–Kier alpha value is -3.23. The van der Waals surface area contributed by atoms with Crippen molar-refractivity contribution in [3.05, 3.63) is 41.6 Å². The first-order valence-corrected chi connectivity index (χ1v) is 13.3. The second-order valence-electron chi connectivity index (χ2n) is 10.6. The molecule has 1 saturated heterocycles. The van der Waals surface area contributed by atoms with Crippen LogP contribution >= 0.6 is 0 Å². The number of rotatable bonds is 10. The van der Waals surface area contributed by atoms with E-state index < -0.39 is 18.0 Å². The van der Waals surface area contributed by atoms with Crippen LogP contribution in [0.2, 0.25) is 0 Å². The van der Waals surface area contributed by atoms with E-state index in [9.17, 15) is 18.8 Å². The molecule has 1 fully saturated rings. The van der Waals surface area contributed by atoms with Crippen LogP contribution in [-0.2, 0) is 14.4 Å². The Morgan fingerprint density at radius 1 is 1.19 bits per heavy atom. The third kappa shape index (κ3) is 7.87. The van der Waals surface area contributed by atoms with Gasteiger partial charge in [0.25, 0.3) is 0 Å². The van der Waals surface area contributed by atoms with Crippen molar-refractivity contribution in [2.75, 3.05) is 6.54 Å². The first-order chi connectivity index (χ1) is 17.5. The van der Waals surface area contributed by atoms with Crippen LogP contribution in [0.25, 0.3) is 11.3 Å². The molecule has 3 amide bonds. The zero-order valence-electron chi connectivity index (χ0n) is 22.6. The van der Waals surface area contributed by atoms with Crippen molar-refractivity contribution in [2.24, 2.45) is 5.92 Å². The van der Waals surface area contributed by atoms with Gasteiger partial charge < -0.3 is 20.5 Å². The summed E-state index contributed by atoms with van der Waals surface area (Å²) < 4.78 is 14.4. The summed E-state index contributed by atoms with van der Waals surface area (Å²) in [5.74, 6) is -0.413. The van der Waals surface area contributed by atoms with Gasteiger partial charge in [-0.25, -0.2) is 9.37 Å². The first-order valence-electron chi connectivity index (χ1n) is 13.3. The summed E-state index contributed by atoms with van der Waals surface area (Å²) in [4.78, 5) is 48.1. The lowest BCUT2D eigenvalue weighted by Gasteiger charge is -2.34. The number of likely N-dealkylation sites (tertiary alicyclic amines) is 1. The van der Waals surface area contributed by atoms with Crippen LogP contribution in [0, 0.1) is 18.7 Å². The number of carbonyl (C=O) groups is 3. The summed E-state index contributed by atoms with van der Waals surface area (Å²) in [6, 6.07) is 3.53. The van der Waals surface area contributed by atoms with Gasteiger partial charge in [-0.2, -0.15) is 0 Å². The van der Waals surface area contributed by atoms with Gasteiger partial charge >= 0.3 is 0 Å².